The number of halogens is 3. The van der Waals surface area contributed by atoms with Gasteiger partial charge in [0.25, 0.3) is 0 Å². The maximum absolute atomic E-state index is 14.5. The summed E-state index contributed by atoms with van der Waals surface area (Å²) in [6, 6.07) is 9.09. The van der Waals surface area contributed by atoms with E-state index in [4.69, 9.17) is 11.6 Å². The van der Waals surface area contributed by atoms with Crippen LogP contribution in [-0.2, 0) is 0 Å². The van der Waals surface area contributed by atoms with Crippen molar-refractivity contribution < 1.29 is 4.39 Å². The monoisotopic (exact) mass is 369 g/mol. The second-order valence-corrected chi connectivity index (χ2v) is 6.40. The molecular weight excluding hydrogens is 353 g/mol. The van der Waals surface area contributed by atoms with Crippen LogP contribution < -0.4 is 5.32 Å². The first-order chi connectivity index (χ1) is 9.93. The van der Waals surface area contributed by atoms with Crippen LogP contribution in [0, 0.1) is 19.7 Å². The molecule has 112 valence electrons. The molecule has 0 spiro atoms. The molecule has 0 aliphatic rings. The first kappa shape index (κ1) is 16.5. The van der Waals surface area contributed by atoms with Crippen LogP contribution in [0.3, 0.4) is 0 Å². The molecule has 2 aromatic carbocycles. The van der Waals surface area contributed by atoms with E-state index in [2.05, 4.69) is 21.2 Å². The molecular formula is C17H18BrClFN. The van der Waals surface area contributed by atoms with E-state index in [9.17, 15) is 4.39 Å². The minimum absolute atomic E-state index is 0.176. The Hall–Kier alpha value is -0.900. The molecule has 0 aliphatic carbocycles. The molecule has 0 saturated heterocycles. The fourth-order valence-electron chi connectivity index (χ4n) is 2.58. The Morgan fingerprint density at radius 3 is 2.52 bits per heavy atom. The molecule has 2 rings (SSSR count). The number of aryl methyl sites for hydroxylation is 2. The Bertz CT molecular complexity index is 634. The SMILES string of the molecule is CCNC(c1ccc(Cl)c(Br)c1)c1c(C)cc(C)cc1F. The lowest BCUT2D eigenvalue weighted by molar-refractivity contribution is 0.555. The Balaban J connectivity index is 2.55. The highest BCUT2D eigenvalue weighted by molar-refractivity contribution is 9.10. The Morgan fingerprint density at radius 1 is 1.24 bits per heavy atom. The van der Waals surface area contributed by atoms with Crippen LogP contribution in [0.4, 0.5) is 4.39 Å². The van der Waals surface area contributed by atoms with Gasteiger partial charge in [0.1, 0.15) is 5.82 Å². The highest BCUT2D eigenvalue weighted by Gasteiger charge is 2.20. The third-order valence-electron chi connectivity index (χ3n) is 3.45. The van der Waals surface area contributed by atoms with E-state index in [1.807, 2.05) is 45.0 Å². The van der Waals surface area contributed by atoms with Gasteiger partial charge >= 0.3 is 0 Å². The molecule has 0 amide bonds. The second-order valence-electron chi connectivity index (χ2n) is 5.14. The van der Waals surface area contributed by atoms with Gasteiger partial charge in [-0.05, 0) is 71.2 Å². The van der Waals surface area contributed by atoms with E-state index in [-0.39, 0.29) is 11.9 Å². The largest absolute Gasteiger partial charge is 0.306 e. The average Bonchev–Trinajstić information content (AvgIpc) is 2.40. The third-order valence-corrected chi connectivity index (χ3v) is 4.67. The highest BCUT2D eigenvalue weighted by Crippen LogP contribution is 2.32. The van der Waals surface area contributed by atoms with Gasteiger partial charge in [-0.1, -0.05) is 30.7 Å². The van der Waals surface area contributed by atoms with Crippen LogP contribution in [0.2, 0.25) is 5.02 Å². The number of hydrogen-bond donors (Lipinski definition) is 1. The molecule has 1 unspecified atom stereocenters. The maximum atomic E-state index is 14.5. The summed E-state index contributed by atoms with van der Waals surface area (Å²) >= 11 is 9.48. The van der Waals surface area contributed by atoms with E-state index in [1.54, 1.807) is 6.07 Å². The zero-order chi connectivity index (χ0) is 15.6. The van der Waals surface area contributed by atoms with E-state index in [0.29, 0.717) is 10.6 Å². The highest BCUT2D eigenvalue weighted by atomic mass is 79.9. The van der Waals surface area contributed by atoms with Gasteiger partial charge in [-0.2, -0.15) is 0 Å². The van der Waals surface area contributed by atoms with E-state index >= 15 is 0 Å². The van der Waals surface area contributed by atoms with Gasteiger partial charge in [-0.3, -0.25) is 0 Å². The van der Waals surface area contributed by atoms with Crippen LogP contribution >= 0.6 is 27.5 Å². The molecule has 0 heterocycles. The second kappa shape index (κ2) is 6.91. The maximum Gasteiger partial charge on any atom is 0.128 e. The van der Waals surface area contributed by atoms with Crippen molar-refractivity contribution >= 4 is 27.5 Å². The van der Waals surface area contributed by atoms with Crippen LogP contribution in [0.25, 0.3) is 0 Å². The third kappa shape index (κ3) is 3.65. The van der Waals surface area contributed by atoms with Gasteiger partial charge in [0.05, 0.1) is 11.1 Å². The molecule has 0 saturated carbocycles. The summed E-state index contributed by atoms with van der Waals surface area (Å²) in [5.74, 6) is -0.176. The standard InChI is InChI=1S/C17H18BrClFN/c1-4-21-17(12-5-6-14(19)13(18)9-12)16-11(3)7-10(2)8-15(16)20/h5-9,17,21H,4H2,1-3H3. The lowest BCUT2D eigenvalue weighted by Crippen LogP contribution is -2.24. The molecule has 4 heteroatoms. The van der Waals surface area contributed by atoms with Gasteiger partial charge in [0, 0.05) is 10.0 Å². The molecule has 21 heavy (non-hydrogen) atoms. The van der Waals surface area contributed by atoms with Crippen molar-refractivity contribution in [2.75, 3.05) is 6.54 Å². The number of rotatable bonds is 4. The average molecular weight is 371 g/mol. The summed E-state index contributed by atoms with van der Waals surface area (Å²) in [6.45, 7) is 6.61. The topological polar surface area (TPSA) is 12.0 Å². The summed E-state index contributed by atoms with van der Waals surface area (Å²) in [5.41, 5.74) is 3.56. The van der Waals surface area contributed by atoms with Gasteiger partial charge < -0.3 is 5.32 Å². The van der Waals surface area contributed by atoms with Crippen molar-refractivity contribution in [3.63, 3.8) is 0 Å². The Kier molecular flexibility index (Phi) is 5.42. The van der Waals surface area contributed by atoms with Crippen LogP contribution in [0.15, 0.2) is 34.8 Å². The van der Waals surface area contributed by atoms with Gasteiger partial charge in [0.15, 0.2) is 0 Å². The fourth-order valence-corrected chi connectivity index (χ4v) is 3.09. The predicted octanol–water partition coefficient (Wildman–Crippen LogP) is 5.56. The predicted molar refractivity (Wildman–Crippen MR) is 90.5 cm³/mol. The number of hydrogen-bond acceptors (Lipinski definition) is 1. The molecule has 0 aromatic heterocycles. The molecule has 0 fully saturated rings. The lowest BCUT2D eigenvalue weighted by atomic mass is 9.93. The minimum Gasteiger partial charge on any atom is -0.306 e. The van der Waals surface area contributed by atoms with E-state index in [1.165, 1.54) is 0 Å². The van der Waals surface area contributed by atoms with Crippen molar-refractivity contribution in [3.05, 3.63) is 67.9 Å². The number of nitrogens with one attached hydrogen (secondary N) is 1. The molecule has 0 radical (unpaired) electrons. The molecule has 0 bridgehead atoms. The van der Waals surface area contributed by atoms with Crippen molar-refractivity contribution in [2.24, 2.45) is 0 Å². The van der Waals surface area contributed by atoms with Crippen molar-refractivity contribution in [2.45, 2.75) is 26.8 Å². The van der Waals surface area contributed by atoms with Crippen molar-refractivity contribution in [1.82, 2.24) is 5.32 Å². The summed E-state index contributed by atoms with van der Waals surface area (Å²) < 4.78 is 15.3. The molecule has 1 N–H and O–H groups in total. The molecule has 1 nitrogen and oxygen atoms in total. The van der Waals surface area contributed by atoms with E-state index in [0.717, 1.165) is 27.7 Å². The van der Waals surface area contributed by atoms with Crippen LogP contribution in [-0.4, -0.2) is 6.54 Å². The number of benzene rings is 2. The summed E-state index contributed by atoms with van der Waals surface area (Å²) in [7, 11) is 0. The van der Waals surface area contributed by atoms with E-state index < -0.39 is 0 Å². The van der Waals surface area contributed by atoms with Crippen molar-refractivity contribution in [1.29, 1.82) is 0 Å². The summed E-state index contributed by atoms with van der Waals surface area (Å²) in [4.78, 5) is 0. The quantitative estimate of drug-likeness (QED) is 0.743. The first-order valence-electron chi connectivity index (χ1n) is 6.89. The zero-order valence-electron chi connectivity index (χ0n) is 12.3. The molecule has 1 atom stereocenters. The van der Waals surface area contributed by atoms with Gasteiger partial charge in [-0.25, -0.2) is 4.39 Å². The summed E-state index contributed by atoms with van der Waals surface area (Å²) in [6.07, 6.45) is 0. The normalized spacial score (nSPS) is 12.5. The van der Waals surface area contributed by atoms with Gasteiger partial charge in [-0.15, -0.1) is 0 Å². The Morgan fingerprint density at radius 2 is 1.95 bits per heavy atom. The van der Waals surface area contributed by atoms with Crippen molar-refractivity contribution in [3.8, 4) is 0 Å². The molecule has 2 aromatic rings. The van der Waals surface area contributed by atoms with Gasteiger partial charge in [0.2, 0.25) is 0 Å². The van der Waals surface area contributed by atoms with Crippen LogP contribution in [0.1, 0.15) is 35.2 Å². The minimum atomic E-state index is -0.191. The fraction of sp³-hybridized carbons (Fsp3) is 0.294. The van der Waals surface area contributed by atoms with Crippen LogP contribution in [0.5, 0.6) is 0 Å². The lowest BCUT2D eigenvalue weighted by Gasteiger charge is -2.22. The Labute approximate surface area is 138 Å². The summed E-state index contributed by atoms with van der Waals surface area (Å²) in [5, 5.41) is 4.01. The first-order valence-corrected chi connectivity index (χ1v) is 8.06. The molecule has 0 aliphatic heterocycles. The zero-order valence-corrected chi connectivity index (χ0v) is 14.6. The smallest absolute Gasteiger partial charge is 0.128 e.